The van der Waals surface area contributed by atoms with E-state index >= 15 is 0 Å². The molecule has 5 heterocycles. The average Bonchev–Trinajstić information content (AvgIpc) is 3.45. The third-order valence-corrected chi connectivity index (χ3v) is 5.05. The third-order valence-electron chi connectivity index (χ3n) is 5.05. The lowest BCUT2D eigenvalue weighted by atomic mass is 10.1. The molecule has 28 heavy (non-hydrogen) atoms. The SMILES string of the molecule is CCCCc1cc2cc3nc(cc4ccc(cc5nc(cc1[nH]2)C=C5)[nH]4)C=C3. The maximum Gasteiger partial charge on any atom is 0.0658 e. The Kier molecular flexibility index (Phi) is 4.17. The molecule has 0 saturated carbocycles. The molecule has 0 atom stereocenters. The van der Waals surface area contributed by atoms with Crippen LogP contribution in [0.15, 0.2) is 42.5 Å². The van der Waals surface area contributed by atoms with Crippen LogP contribution in [0.2, 0.25) is 0 Å². The van der Waals surface area contributed by atoms with E-state index in [1.54, 1.807) is 0 Å². The quantitative estimate of drug-likeness (QED) is 0.411. The predicted molar refractivity (Wildman–Crippen MR) is 117 cm³/mol. The van der Waals surface area contributed by atoms with Crippen molar-refractivity contribution in [1.82, 2.24) is 19.9 Å². The fraction of sp³-hybridized carbons (Fsp3) is 0.167. The zero-order valence-corrected chi connectivity index (χ0v) is 15.9. The van der Waals surface area contributed by atoms with E-state index in [4.69, 9.17) is 9.97 Å². The summed E-state index contributed by atoms with van der Waals surface area (Å²) in [4.78, 5) is 16.4. The van der Waals surface area contributed by atoms with Gasteiger partial charge in [-0.1, -0.05) is 13.3 Å². The normalized spacial score (nSPS) is 12.6. The minimum Gasteiger partial charge on any atom is -0.355 e. The van der Waals surface area contributed by atoms with Gasteiger partial charge in [0.05, 0.1) is 22.8 Å². The smallest absolute Gasteiger partial charge is 0.0658 e. The molecule has 138 valence electrons. The van der Waals surface area contributed by atoms with Crippen molar-refractivity contribution >= 4 is 46.4 Å². The van der Waals surface area contributed by atoms with E-state index in [-0.39, 0.29) is 0 Å². The maximum absolute atomic E-state index is 4.76. The summed E-state index contributed by atoms with van der Waals surface area (Å²) < 4.78 is 0. The molecule has 2 aliphatic heterocycles. The predicted octanol–water partition coefficient (Wildman–Crippen LogP) is 6.00. The highest BCUT2D eigenvalue weighted by molar-refractivity contribution is 5.78. The first-order chi connectivity index (χ1) is 13.7. The Morgan fingerprint density at radius 1 is 0.679 bits per heavy atom. The van der Waals surface area contributed by atoms with Gasteiger partial charge in [-0.05, 0) is 85.2 Å². The lowest BCUT2D eigenvalue weighted by molar-refractivity contribution is 0.799. The van der Waals surface area contributed by atoms with Gasteiger partial charge in [-0.15, -0.1) is 0 Å². The van der Waals surface area contributed by atoms with Gasteiger partial charge in [0.2, 0.25) is 0 Å². The molecule has 5 rings (SSSR count). The molecule has 0 amide bonds. The van der Waals surface area contributed by atoms with Crippen LogP contribution in [-0.2, 0) is 6.42 Å². The van der Waals surface area contributed by atoms with E-state index in [0.717, 1.165) is 51.3 Å². The molecule has 0 aliphatic carbocycles. The minimum atomic E-state index is 0.949. The zero-order valence-electron chi connectivity index (χ0n) is 15.9. The average molecular weight is 366 g/mol. The van der Waals surface area contributed by atoms with E-state index in [2.05, 4.69) is 77.6 Å². The fourth-order valence-corrected chi connectivity index (χ4v) is 3.65. The summed E-state index contributed by atoms with van der Waals surface area (Å²) in [7, 11) is 0. The Hall–Kier alpha value is -3.40. The molecule has 0 fully saturated rings. The standard InChI is InChI=1S/C24H22N4/c1-2-3-4-16-11-23-14-21-8-7-19(26-21)12-17-5-6-18(25-17)13-20-9-10-22(27-20)15-24(16)28-23/h5-15,25,28H,2-4H2,1H3. The van der Waals surface area contributed by atoms with Crippen molar-refractivity contribution in [3.8, 4) is 0 Å². The summed E-state index contributed by atoms with van der Waals surface area (Å²) in [6.45, 7) is 2.23. The molecule has 0 aromatic carbocycles. The lowest BCUT2D eigenvalue weighted by Gasteiger charge is -1.95. The number of aromatic amines is 2. The molecule has 8 bridgehead atoms. The van der Waals surface area contributed by atoms with Crippen molar-refractivity contribution in [2.24, 2.45) is 0 Å². The topological polar surface area (TPSA) is 57.4 Å². The molecule has 3 aromatic rings. The first-order valence-corrected chi connectivity index (χ1v) is 9.82. The molecular formula is C24H22N4. The number of fused-ring (bicyclic) bond motifs is 8. The van der Waals surface area contributed by atoms with Crippen LogP contribution < -0.4 is 0 Å². The number of nitrogens with zero attached hydrogens (tertiary/aromatic N) is 2. The first kappa shape index (κ1) is 16.8. The second-order valence-corrected chi connectivity index (χ2v) is 7.30. The van der Waals surface area contributed by atoms with Crippen LogP contribution in [0.4, 0.5) is 0 Å². The number of rotatable bonds is 3. The van der Waals surface area contributed by atoms with Gasteiger partial charge in [-0.2, -0.15) is 0 Å². The van der Waals surface area contributed by atoms with Crippen LogP contribution in [0.3, 0.4) is 0 Å². The second kappa shape index (κ2) is 6.97. The van der Waals surface area contributed by atoms with Gasteiger partial charge in [-0.3, -0.25) is 0 Å². The highest BCUT2D eigenvalue weighted by atomic mass is 14.8. The van der Waals surface area contributed by atoms with Crippen LogP contribution in [0.25, 0.3) is 46.4 Å². The fourth-order valence-electron chi connectivity index (χ4n) is 3.65. The van der Waals surface area contributed by atoms with Crippen molar-refractivity contribution < 1.29 is 0 Å². The van der Waals surface area contributed by atoms with Gasteiger partial charge < -0.3 is 9.97 Å². The van der Waals surface area contributed by atoms with Crippen LogP contribution in [-0.4, -0.2) is 19.9 Å². The van der Waals surface area contributed by atoms with Crippen LogP contribution >= 0.6 is 0 Å². The Balaban J connectivity index is 1.79. The molecule has 3 aromatic heterocycles. The monoisotopic (exact) mass is 366 g/mol. The summed E-state index contributed by atoms with van der Waals surface area (Å²) >= 11 is 0. The molecule has 0 saturated heterocycles. The number of aromatic nitrogens is 4. The number of aryl methyl sites for hydroxylation is 1. The summed E-state index contributed by atoms with van der Waals surface area (Å²) in [6.07, 6.45) is 11.6. The van der Waals surface area contributed by atoms with Crippen molar-refractivity contribution in [3.63, 3.8) is 0 Å². The van der Waals surface area contributed by atoms with E-state index in [1.165, 1.54) is 18.4 Å². The maximum atomic E-state index is 4.76. The van der Waals surface area contributed by atoms with Gasteiger partial charge in [-0.25, -0.2) is 9.97 Å². The first-order valence-electron chi connectivity index (χ1n) is 9.82. The summed E-state index contributed by atoms with van der Waals surface area (Å²) in [5.41, 5.74) is 9.44. The number of H-pyrrole nitrogens is 2. The lowest BCUT2D eigenvalue weighted by Crippen LogP contribution is -1.82. The Bertz CT molecular complexity index is 1250. The van der Waals surface area contributed by atoms with E-state index < -0.39 is 0 Å². The number of hydrogen-bond donors (Lipinski definition) is 2. The Morgan fingerprint density at radius 3 is 1.86 bits per heavy atom. The molecule has 2 N–H and O–H groups in total. The molecule has 4 nitrogen and oxygen atoms in total. The van der Waals surface area contributed by atoms with Crippen molar-refractivity contribution in [3.05, 3.63) is 70.8 Å². The largest absolute Gasteiger partial charge is 0.355 e. The highest BCUT2D eigenvalue weighted by Gasteiger charge is 2.05. The molecule has 0 radical (unpaired) electrons. The molecule has 0 unspecified atom stereocenters. The molecule has 0 spiro atoms. The molecule has 2 aliphatic rings. The van der Waals surface area contributed by atoms with E-state index in [1.807, 2.05) is 6.08 Å². The third kappa shape index (κ3) is 3.41. The van der Waals surface area contributed by atoms with Gasteiger partial charge in [0.25, 0.3) is 0 Å². The van der Waals surface area contributed by atoms with Gasteiger partial charge in [0.15, 0.2) is 0 Å². The van der Waals surface area contributed by atoms with Gasteiger partial charge >= 0.3 is 0 Å². The van der Waals surface area contributed by atoms with Crippen LogP contribution in [0.1, 0.15) is 48.1 Å². The molecule has 4 heteroatoms. The van der Waals surface area contributed by atoms with E-state index in [0.29, 0.717) is 0 Å². The van der Waals surface area contributed by atoms with Gasteiger partial charge in [0.1, 0.15) is 0 Å². The summed E-state index contributed by atoms with van der Waals surface area (Å²) in [6, 6.07) is 14.7. The summed E-state index contributed by atoms with van der Waals surface area (Å²) in [5.74, 6) is 0. The van der Waals surface area contributed by atoms with Crippen molar-refractivity contribution in [2.75, 3.05) is 0 Å². The number of nitrogens with one attached hydrogen (secondary N) is 2. The van der Waals surface area contributed by atoms with Crippen molar-refractivity contribution in [1.29, 1.82) is 0 Å². The summed E-state index contributed by atoms with van der Waals surface area (Å²) in [5, 5.41) is 0. The highest BCUT2D eigenvalue weighted by Crippen LogP contribution is 2.20. The Labute approximate surface area is 163 Å². The zero-order chi connectivity index (χ0) is 18.9. The van der Waals surface area contributed by atoms with Crippen LogP contribution in [0.5, 0.6) is 0 Å². The molecular weight excluding hydrogens is 344 g/mol. The minimum absolute atomic E-state index is 0.949. The van der Waals surface area contributed by atoms with Crippen molar-refractivity contribution in [2.45, 2.75) is 26.2 Å². The van der Waals surface area contributed by atoms with Crippen LogP contribution in [0, 0.1) is 0 Å². The number of unbranched alkanes of at least 4 members (excludes halogenated alkanes) is 1. The Morgan fingerprint density at radius 2 is 1.25 bits per heavy atom. The van der Waals surface area contributed by atoms with E-state index in [9.17, 15) is 0 Å². The van der Waals surface area contributed by atoms with Gasteiger partial charge in [0, 0.05) is 22.1 Å². The number of hydrogen-bond acceptors (Lipinski definition) is 2. The second-order valence-electron chi connectivity index (χ2n) is 7.30.